The van der Waals surface area contributed by atoms with E-state index >= 15 is 0 Å². The van der Waals surface area contributed by atoms with E-state index in [0.29, 0.717) is 35.4 Å². The largest absolute Gasteiger partial charge is 0.493 e. The van der Waals surface area contributed by atoms with Gasteiger partial charge in [0.15, 0.2) is 11.5 Å². The van der Waals surface area contributed by atoms with Gasteiger partial charge in [0.2, 0.25) is 0 Å². The Labute approximate surface area is 199 Å². The molecule has 1 aromatic heterocycles. The van der Waals surface area contributed by atoms with Crippen molar-refractivity contribution in [1.82, 2.24) is 14.9 Å². The quantitative estimate of drug-likeness (QED) is 0.488. The lowest BCUT2D eigenvalue weighted by atomic mass is 9.89. The molecule has 34 heavy (non-hydrogen) atoms. The number of aromatic nitrogens is 2. The zero-order valence-corrected chi connectivity index (χ0v) is 19.7. The minimum atomic E-state index is -0.237. The molecular formula is C26H31FN4O3. The normalized spacial score (nSPS) is 20.3. The topological polar surface area (TPSA) is 68.7 Å². The molecule has 1 N–H and O–H groups in total. The lowest BCUT2D eigenvalue weighted by Gasteiger charge is -2.33. The van der Waals surface area contributed by atoms with Crippen molar-refractivity contribution in [2.45, 2.75) is 19.8 Å². The molecule has 0 bridgehead atoms. The van der Waals surface area contributed by atoms with Crippen LogP contribution < -0.4 is 14.8 Å². The first-order chi connectivity index (χ1) is 16.6. The number of anilines is 2. The van der Waals surface area contributed by atoms with E-state index in [-0.39, 0.29) is 5.82 Å². The second-order valence-corrected chi connectivity index (χ2v) is 9.18. The second kappa shape index (κ2) is 10.1. The highest BCUT2D eigenvalue weighted by Crippen LogP contribution is 2.35. The number of aryl methyl sites for hydroxylation is 1. The Kier molecular flexibility index (Phi) is 6.78. The van der Waals surface area contributed by atoms with Crippen LogP contribution in [0, 0.1) is 24.6 Å². The third kappa shape index (κ3) is 4.93. The van der Waals surface area contributed by atoms with Crippen molar-refractivity contribution in [3.63, 3.8) is 0 Å². The predicted molar refractivity (Wildman–Crippen MR) is 129 cm³/mol. The number of nitrogens with one attached hydrogen (secondary N) is 1. The third-order valence-corrected chi connectivity index (χ3v) is 6.86. The van der Waals surface area contributed by atoms with Gasteiger partial charge in [0.05, 0.1) is 25.8 Å². The fourth-order valence-corrected chi connectivity index (χ4v) is 4.90. The molecule has 0 amide bonds. The van der Waals surface area contributed by atoms with E-state index in [4.69, 9.17) is 14.2 Å². The number of benzene rings is 2. The molecule has 0 aliphatic carbocycles. The summed E-state index contributed by atoms with van der Waals surface area (Å²) in [7, 11) is 1.63. The van der Waals surface area contributed by atoms with Gasteiger partial charge >= 0.3 is 0 Å². The van der Waals surface area contributed by atoms with Crippen LogP contribution in [0.4, 0.5) is 15.9 Å². The number of hydrogen-bond donors (Lipinski definition) is 1. The highest BCUT2D eigenvalue weighted by atomic mass is 19.1. The van der Waals surface area contributed by atoms with E-state index in [2.05, 4.69) is 20.2 Å². The summed E-state index contributed by atoms with van der Waals surface area (Å²) in [5.41, 5.74) is 2.06. The van der Waals surface area contributed by atoms with Crippen molar-refractivity contribution < 1.29 is 18.6 Å². The molecule has 2 unspecified atom stereocenters. The minimum absolute atomic E-state index is 0.237. The molecule has 2 aliphatic rings. The second-order valence-electron chi connectivity index (χ2n) is 9.18. The van der Waals surface area contributed by atoms with Gasteiger partial charge in [-0.3, -0.25) is 0 Å². The first-order valence-corrected chi connectivity index (χ1v) is 11.9. The van der Waals surface area contributed by atoms with Gasteiger partial charge in [0.25, 0.3) is 0 Å². The lowest BCUT2D eigenvalue weighted by Crippen LogP contribution is -2.40. The molecule has 3 aromatic rings. The third-order valence-electron chi connectivity index (χ3n) is 6.86. The number of piperidine rings is 1. The Morgan fingerprint density at radius 2 is 2.03 bits per heavy atom. The van der Waals surface area contributed by atoms with Gasteiger partial charge in [0, 0.05) is 42.8 Å². The summed E-state index contributed by atoms with van der Waals surface area (Å²) in [6.07, 6.45) is 3.66. The molecular weight excluding hydrogens is 435 g/mol. The van der Waals surface area contributed by atoms with E-state index < -0.39 is 0 Å². The zero-order chi connectivity index (χ0) is 23.5. The van der Waals surface area contributed by atoms with E-state index in [1.807, 2.05) is 12.1 Å². The summed E-state index contributed by atoms with van der Waals surface area (Å²) in [5, 5.41) is 4.09. The smallest absolute Gasteiger partial charge is 0.162 e. The van der Waals surface area contributed by atoms with Gasteiger partial charge < -0.3 is 24.4 Å². The van der Waals surface area contributed by atoms with E-state index in [0.717, 1.165) is 61.8 Å². The average molecular weight is 467 g/mol. The Morgan fingerprint density at radius 3 is 2.88 bits per heavy atom. The first-order valence-electron chi connectivity index (χ1n) is 11.9. The van der Waals surface area contributed by atoms with Crippen LogP contribution in [-0.4, -0.2) is 61.4 Å². The van der Waals surface area contributed by atoms with E-state index in [1.54, 1.807) is 26.2 Å². The molecule has 8 heteroatoms. The maximum Gasteiger partial charge on any atom is 0.162 e. The number of fused-ring (bicyclic) bond motifs is 2. The van der Waals surface area contributed by atoms with Crippen molar-refractivity contribution in [1.29, 1.82) is 0 Å². The Morgan fingerprint density at radius 1 is 1.15 bits per heavy atom. The maximum atomic E-state index is 13.7. The van der Waals surface area contributed by atoms with Crippen LogP contribution in [0.25, 0.3) is 10.9 Å². The number of hydrogen-bond acceptors (Lipinski definition) is 7. The van der Waals surface area contributed by atoms with Crippen LogP contribution in [0.3, 0.4) is 0 Å². The standard InChI is InChI=1S/C26H31FN4O3/c1-17-10-20(4-5-22(17)27)30-26-21-11-25(24(32-2)12-23(21)28-16-29-26)34-9-3-7-31-8-6-18-14-33-15-19(18)13-31/h4-5,10-12,16,18-19H,3,6-9,13-15H2,1-2H3,(H,28,29,30). The number of rotatable bonds is 8. The molecule has 5 rings (SSSR count). The monoisotopic (exact) mass is 466 g/mol. The summed E-state index contributed by atoms with van der Waals surface area (Å²) in [4.78, 5) is 11.3. The molecule has 0 spiro atoms. The highest BCUT2D eigenvalue weighted by molar-refractivity contribution is 5.93. The molecule has 2 aliphatic heterocycles. The average Bonchev–Trinajstić information content (AvgIpc) is 3.32. The van der Waals surface area contributed by atoms with Gasteiger partial charge in [0.1, 0.15) is 18.0 Å². The zero-order valence-electron chi connectivity index (χ0n) is 19.7. The van der Waals surface area contributed by atoms with Crippen LogP contribution >= 0.6 is 0 Å². The molecule has 180 valence electrons. The van der Waals surface area contributed by atoms with Crippen LogP contribution in [0.15, 0.2) is 36.7 Å². The van der Waals surface area contributed by atoms with Crippen LogP contribution in [0.5, 0.6) is 11.5 Å². The summed E-state index contributed by atoms with van der Waals surface area (Å²) in [6.45, 7) is 7.44. The van der Waals surface area contributed by atoms with Gasteiger partial charge in [-0.2, -0.15) is 0 Å². The molecule has 0 radical (unpaired) electrons. The van der Waals surface area contributed by atoms with E-state index in [9.17, 15) is 4.39 Å². The van der Waals surface area contributed by atoms with Crippen molar-refractivity contribution in [3.05, 3.63) is 48.0 Å². The van der Waals surface area contributed by atoms with Crippen molar-refractivity contribution in [2.24, 2.45) is 11.8 Å². The summed E-state index contributed by atoms with van der Waals surface area (Å²) < 4.78 is 31.0. The highest BCUT2D eigenvalue weighted by Gasteiger charge is 2.33. The molecule has 2 atom stereocenters. The van der Waals surface area contributed by atoms with Gasteiger partial charge in [-0.05, 0) is 62.1 Å². The van der Waals surface area contributed by atoms with Crippen LogP contribution in [0.1, 0.15) is 18.4 Å². The Hall–Kier alpha value is -2.97. The molecule has 3 heterocycles. The summed E-state index contributed by atoms with van der Waals surface area (Å²) >= 11 is 0. The van der Waals surface area contributed by atoms with Crippen molar-refractivity contribution in [2.75, 3.05) is 51.9 Å². The fourth-order valence-electron chi connectivity index (χ4n) is 4.90. The van der Waals surface area contributed by atoms with Crippen LogP contribution in [-0.2, 0) is 4.74 Å². The van der Waals surface area contributed by atoms with Crippen molar-refractivity contribution in [3.8, 4) is 11.5 Å². The van der Waals surface area contributed by atoms with E-state index in [1.165, 1.54) is 18.8 Å². The molecule has 2 aromatic carbocycles. The number of ether oxygens (including phenoxy) is 3. The van der Waals surface area contributed by atoms with Crippen LogP contribution in [0.2, 0.25) is 0 Å². The number of likely N-dealkylation sites (tertiary alicyclic amines) is 1. The van der Waals surface area contributed by atoms with Gasteiger partial charge in [-0.15, -0.1) is 0 Å². The van der Waals surface area contributed by atoms with Gasteiger partial charge in [-0.1, -0.05) is 0 Å². The fraction of sp³-hybridized carbons (Fsp3) is 0.462. The molecule has 0 saturated carbocycles. The first kappa shape index (κ1) is 22.8. The SMILES string of the molecule is COc1cc2ncnc(Nc3ccc(F)c(C)c3)c2cc1OCCCN1CCC2COCC2C1. The molecule has 2 saturated heterocycles. The number of halogens is 1. The van der Waals surface area contributed by atoms with Gasteiger partial charge in [-0.25, -0.2) is 14.4 Å². The Balaban J connectivity index is 1.26. The number of methoxy groups -OCH3 is 1. The predicted octanol–water partition coefficient (Wildman–Crippen LogP) is 4.57. The summed E-state index contributed by atoms with van der Waals surface area (Å²) in [6, 6.07) is 8.66. The lowest BCUT2D eigenvalue weighted by molar-refractivity contribution is 0.138. The number of nitrogens with zero attached hydrogens (tertiary/aromatic N) is 3. The molecule has 7 nitrogen and oxygen atoms in total. The summed E-state index contributed by atoms with van der Waals surface area (Å²) in [5.74, 6) is 3.12. The Bertz CT molecular complexity index is 1160. The van der Waals surface area contributed by atoms with Crippen molar-refractivity contribution >= 4 is 22.4 Å². The molecule has 2 fully saturated rings. The minimum Gasteiger partial charge on any atom is -0.493 e. The maximum absolute atomic E-state index is 13.7.